The first kappa shape index (κ1) is 26.5. The number of carbonyl (C=O) groups is 2. The molecule has 2 aromatic heterocycles. The highest BCUT2D eigenvalue weighted by Gasteiger charge is 2.37. The molecule has 13 heteroatoms. The number of pyridine rings is 1. The quantitative estimate of drug-likeness (QED) is 0.487. The number of fused-ring (bicyclic) bond motifs is 1. The van der Waals surface area contributed by atoms with Crippen LogP contribution in [0.25, 0.3) is 0 Å². The van der Waals surface area contributed by atoms with E-state index in [4.69, 9.17) is 22.1 Å². The molecule has 35 heavy (non-hydrogen) atoms. The van der Waals surface area contributed by atoms with Crippen molar-refractivity contribution in [3.05, 3.63) is 70.1 Å². The molecule has 0 bridgehead atoms. The minimum Gasteiger partial charge on any atom is -0.384 e. The first-order chi connectivity index (χ1) is 16.1. The third kappa shape index (κ3) is 5.29. The predicted octanol–water partition coefficient (Wildman–Crippen LogP) is 3.92. The number of ketones is 1. The molecule has 4 rings (SSSR count). The number of rotatable bonds is 6. The predicted molar refractivity (Wildman–Crippen MR) is 128 cm³/mol. The molecule has 1 aliphatic heterocycles. The Balaban J connectivity index is 0.00000342. The van der Waals surface area contributed by atoms with E-state index in [1.54, 1.807) is 0 Å². The van der Waals surface area contributed by atoms with Crippen LogP contribution in [0.3, 0.4) is 0 Å². The maximum absolute atomic E-state index is 13.4. The van der Waals surface area contributed by atoms with Gasteiger partial charge in [0.2, 0.25) is 0 Å². The lowest BCUT2D eigenvalue weighted by Gasteiger charge is -2.34. The molecule has 1 amide bonds. The van der Waals surface area contributed by atoms with Crippen LogP contribution in [0, 0.1) is 0 Å². The zero-order valence-electron chi connectivity index (χ0n) is 18.3. The summed E-state index contributed by atoms with van der Waals surface area (Å²) in [6, 6.07) is 5.72. The van der Waals surface area contributed by atoms with E-state index in [9.17, 15) is 22.8 Å². The van der Waals surface area contributed by atoms with Gasteiger partial charge in [-0.05, 0) is 30.3 Å². The number of anilines is 2. The van der Waals surface area contributed by atoms with Gasteiger partial charge in [0.25, 0.3) is 5.91 Å². The minimum absolute atomic E-state index is 0. The molecule has 3 aromatic rings. The van der Waals surface area contributed by atoms with Crippen LogP contribution in [0.1, 0.15) is 38.0 Å². The largest absolute Gasteiger partial charge is 0.417 e. The first-order valence-electron chi connectivity index (χ1n) is 10.1. The number of nitrogens with two attached hydrogens (primary N) is 1. The highest BCUT2D eigenvalue weighted by atomic mass is 35.5. The first-order valence-corrected chi connectivity index (χ1v) is 10.5. The van der Waals surface area contributed by atoms with E-state index in [0.717, 1.165) is 12.1 Å². The van der Waals surface area contributed by atoms with Crippen LogP contribution in [0.15, 0.2) is 42.7 Å². The van der Waals surface area contributed by atoms with Crippen molar-refractivity contribution in [2.24, 2.45) is 0 Å². The Morgan fingerprint density at radius 2 is 2.00 bits per heavy atom. The van der Waals surface area contributed by atoms with E-state index >= 15 is 0 Å². The fourth-order valence-corrected chi connectivity index (χ4v) is 4.11. The minimum atomic E-state index is -4.62. The number of hydrogen-bond donors (Lipinski definition) is 1. The van der Waals surface area contributed by atoms with Crippen LogP contribution in [-0.4, -0.2) is 46.7 Å². The lowest BCUT2D eigenvalue weighted by molar-refractivity contribution is -0.137. The molecular weight excluding hydrogens is 507 g/mol. The van der Waals surface area contributed by atoms with Crippen molar-refractivity contribution in [1.29, 1.82) is 0 Å². The maximum Gasteiger partial charge on any atom is 0.417 e. The second-order valence-electron chi connectivity index (χ2n) is 7.72. The van der Waals surface area contributed by atoms with E-state index < -0.39 is 28.7 Å². The number of carbonyl (C=O) groups excluding carboxylic acids is 2. The number of nitrogen functional groups attached to an aromatic ring is 1. The van der Waals surface area contributed by atoms with E-state index in [1.165, 1.54) is 47.3 Å². The Morgan fingerprint density at radius 1 is 1.26 bits per heavy atom. The molecular formula is C22H21ClF3N5O3S. The van der Waals surface area contributed by atoms with Crippen molar-refractivity contribution in [3.8, 4) is 0 Å². The monoisotopic (exact) mass is 527 g/mol. The van der Waals surface area contributed by atoms with Gasteiger partial charge in [0, 0.05) is 36.5 Å². The number of methoxy groups -OCH3 is 1. The van der Waals surface area contributed by atoms with Crippen LogP contribution >= 0.6 is 25.1 Å². The van der Waals surface area contributed by atoms with Crippen LogP contribution < -0.4 is 10.6 Å². The zero-order chi connectivity index (χ0) is 24.6. The van der Waals surface area contributed by atoms with Gasteiger partial charge in [-0.1, -0.05) is 11.6 Å². The van der Waals surface area contributed by atoms with Gasteiger partial charge in [0.1, 0.15) is 11.5 Å². The van der Waals surface area contributed by atoms with Crippen LogP contribution in [0.4, 0.5) is 24.7 Å². The Bertz CT molecular complexity index is 1250. The Labute approximate surface area is 210 Å². The lowest BCUT2D eigenvalue weighted by Crippen LogP contribution is -2.45. The fraction of sp³-hybridized carbons (Fsp3) is 0.273. The highest BCUT2D eigenvalue weighted by molar-refractivity contribution is 7.59. The van der Waals surface area contributed by atoms with Crippen molar-refractivity contribution >= 4 is 48.3 Å². The maximum atomic E-state index is 13.4. The van der Waals surface area contributed by atoms with Crippen LogP contribution in [-0.2, 0) is 17.3 Å². The van der Waals surface area contributed by atoms with Gasteiger partial charge in [0.05, 0.1) is 36.0 Å². The average Bonchev–Trinajstić information content (AvgIpc) is 3.19. The smallest absolute Gasteiger partial charge is 0.384 e. The summed E-state index contributed by atoms with van der Waals surface area (Å²) in [5, 5.41) is 3.76. The van der Waals surface area contributed by atoms with Crippen molar-refractivity contribution < 1.29 is 27.5 Å². The summed E-state index contributed by atoms with van der Waals surface area (Å²) < 4.78 is 46.1. The van der Waals surface area contributed by atoms with Gasteiger partial charge in [0.15, 0.2) is 5.78 Å². The second-order valence-corrected chi connectivity index (χ2v) is 8.13. The Morgan fingerprint density at radius 3 is 2.60 bits per heavy atom. The van der Waals surface area contributed by atoms with Crippen molar-refractivity contribution in [2.75, 3.05) is 30.9 Å². The van der Waals surface area contributed by atoms with Gasteiger partial charge >= 0.3 is 6.18 Å². The van der Waals surface area contributed by atoms with Crippen molar-refractivity contribution in [1.82, 2.24) is 14.8 Å². The summed E-state index contributed by atoms with van der Waals surface area (Å²) in [5.74, 6) is -0.545. The summed E-state index contributed by atoms with van der Waals surface area (Å²) in [6.07, 6.45) is -1.97. The summed E-state index contributed by atoms with van der Waals surface area (Å²) in [7, 11) is 1.48. The van der Waals surface area contributed by atoms with Crippen molar-refractivity contribution in [2.45, 2.75) is 18.6 Å². The Kier molecular flexibility index (Phi) is 7.77. The number of ether oxygens (including phenoxy) is 1. The molecule has 1 aromatic carbocycles. The number of nitrogens with zero attached hydrogens (tertiary/aromatic N) is 4. The lowest BCUT2D eigenvalue weighted by atomic mass is 10.0. The standard InChI is InChI=1S/C22H19ClF3N5O3.H2S/c1-34-11-15-10-30(14-3-4-16(17(23)7-14)22(24,25)26)21(33)20-13(9-29-31(15)20)6-18(32)12-2-5-19(27)28-8-12;/h2-5,7-9,15H,6,10-11H2,1H3,(H2,27,28);1H2. The van der Waals surface area contributed by atoms with E-state index in [2.05, 4.69) is 10.1 Å². The highest BCUT2D eigenvalue weighted by Crippen LogP contribution is 2.38. The number of amides is 1. The number of benzene rings is 1. The van der Waals surface area contributed by atoms with E-state index in [1.807, 2.05) is 0 Å². The Hall–Kier alpha value is -3.09. The number of aromatic nitrogens is 3. The van der Waals surface area contributed by atoms with Gasteiger partial charge in [-0.25, -0.2) is 4.98 Å². The summed E-state index contributed by atoms with van der Waals surface area (Å²) in [6.45, 7) is 0.278. The van der Waals surface area contributed by atoms with E-state index in [0.29, 0.717) is 11.1 Å². The van der Waals surface area contributed by atoms with Crippen LogP contribution in [0.2, 0.25) is 5.02 Å². The van der Waals surface area contributed by atoms with Gasteiger partial charge in [-0.2, -0.15) is 31.8 Å². The third-order valence-corrected chi connectivity index (χ3v) is 5.76. The van der Waals surface area contributed by atoms with Gasteiger partial charge in [-0.15, -0.1) is 0 Å². The zero-order valence-corrected chi connectivity index (χ0v) is 20.1. The number of Topliss-reactive ketones (excluding diaryl/α,β-unsaturated/α-hetero) is 1. The molecule has 0 fully saturated rings. The number of hydrogen-bond acceptors (Lipinski definition) is 6. The number of alkyl halides is 3. The SMILES string of the molecule is COCC1CN(c2ccc(C(F)(F)F)c(Cl)c2)C(=O)c2c(CC(=O)c3ccc(N)nc3)cnn21.S. The van der Waals surface area contributed by atoms with Gasteiger partial charge in [-0.3, -0.25) is 14.3 Å². The van der Waals surface area contributed by atoms with Gasteiger partial charge < -0.3 is 15.4 Å². The summed E-state index contributed by atoms with van der Waals surface area (Å²) in [4.78, 5) is 31.4. The molecule has 3 heterocycles. The molecule has 1 aliphatic rings. The van der Waals surface area contributed by atoms with E-state index in [-0.39, 0.29) is 56.1 Å². The molecule has 1 unspecified atom stereocenters. The molecule has 0 spiro atoms. The molecule has 1 atom stereocenters. The molecule has 0 aliphatic carbocycles. The summed E-state index contributed by atoms with van der Waals surface area (Å²) >= 11 is 5.88. The third-order valence-electron chi connectivity index (χ3n) is 5.45. The number of halogens is 4. The molecule has 8 nitrogen and oxygen atoms in total. The molecule has 0 saturated heterocycles. The molecule has 0 radical (unpaired) electrons. The average molecular weight is 528 g/mol. The normalized spacial score (nSPS) is 15.5. The second kappa shape index (κ2) is 10.3. The topological polar surface area (TPSA) is 103 Å². The summed E-state index contributed by atoms with van der Waals surface area (Å²) in [5.41, 5.74) is 5.60. The van der Waals surface area contributed by atoms with Crippen molar-refractivity contribution in [3.63, 3.8) is 0 Å². The molecule has 0 saturated carbocycles. The molecule has 186 valence electrons. The van der Waals surface area contributed by atoms with Crippen LogP contribution in [0.5, 0.6) is 0 Å². The molecule has 2 N–H and O–H groups in total. The fourth-order valence-electron chi connectivity index (χ4n) is 3.82.